The molecule has 108 valence electrons. The zero-order valence-electron chi connectivity index (χ0n) is 12.3. The summed E-state index contributed by atoms with van der Waals surface area (Å²) in [7, 11) is 1.53. The van der Waals surface area contributed by atoms with Gasteiger partial charge in [0, 0.05) is 20.2 Å². The van der Waals surface area contributed by atoms with Crippen LogP contribution in [0.5, 0.6) is 0 Å². The molecule has 0 aliphatic carbocycles. The van der Waals surface area contributed by atoms with Crippen molar-refractivity contribution in [2.45, 2.75) is 33.2 Å². The lowest BCUT2D eigenvalue weighted by Crippen LogP contribution is -2.60. The van der Waals surface area contributed by atoms with Crippen molar-refractivity contribution in [1.82, 2.24) is 10.2 Å². The number of likely N-dealkylation sites (N-methyl/N-ethyl adjacent to an activating group) is 1. The van der Waals surface area contributed by atoms with E-state index in [0.29, 0.717) is 6.54 Å². The smallest absolute Gasteiger partial charge is 0.326 e. The number of methoxy groups -OCH3 is 1. The molecule has 1 atom stereocenters. The Bertz CT molecular complexity index is 242. The zero-order valence-corrected chi connectivity index (χ0v) is 12.3. The van der Waals surface area contributed by atoms with E-state index in [1.807, 2.05) is 13.8 Å². The van der Waals surface area contributed by atoms with E-state index in [-0.39, 0.29) is 12.5 Å². The number of hydrogen-bond donors (Lipinski definition) is 2. The molecule has 5 nitrogen and oxygen atoms in total. The molecule has 0 aromatic heterocycles. The first-order chi connectivity index (χ1) is 8.44. The van der Waals surface area contributed by atoms with Crippen LogP contribution in [0.1, 0.15) is 27.7 Å². The van der Waals surface area contributed by atoms with Crippen LogP contribution in [-0.2, 0) is 9.53 Å². The SMILES string of the molecule is CCN(CC)CCNC(COC)(C(=O)O)C(C)C. The molecule has 1 unspecified atom stereocenters. The molecule has 0 bridgehead atoms. The molecular weight excluding hydrogens is 232 g/mol. The minimum atomic E-state index is -0.998. The van der Waals surface area contributed by atoms with Crippen LogP contribution in [0, 0.1) is 5.92 Å². The van der Waals surface area contributed by atoms with E-state index in [0.717, 1.165) is 19.6 Å². The number of hydrogen-bond acceptors (Lipinski definition) is 4. The largest absolute Gasteiger partial charge is 0.480 e. The van der Waals surface area contributed by atoms with E-state index in [2.05, 4.69) is 24.1 Å². The third kappa shape index (κ3) is 4.55. The van der Waals surface area contributed by atoms with Gasteiger partial charge in [-0.25, -0.2) is 0 Å². The number of nitrogens with one attached hydrogen (secondary N) is 1. The van der Waals surface area contributed by atoms with Crippen LogP contribution in [-0.4, -0.2) is 61.4 Å². The van der Waals surface area contributed by atoms with Gasteiger partial charge in [-0.2, -0.15) is 0 Å². The maximum absolute atomic E-state index is 11.5. The highest BCUT2D eigenvalue weighted by atomic mass is 16.5. The number of ether oxygens (including phenoxy) is 1. The summed E-state index contributed by atoms with van der Waals surface area (Å²) < 4.78 is 5.08. The van der Waals surface area contributed by atoms with E-state index < -0.39 is 11.5 Å². The maximum Gasteiger partial charge on any atom is 0.326 e. The van der Waals surface area contributed by atoms with Crippen molar-refractivity contribution in [3.63, 3.8) is 0 Å². The van der Waals surface area contributed by atoms with Gasteiger partial charge in [-0.15, -0.1) is 0 Å². The molecule has 0 saturated carbocycles. The second-order valence-corrected chi connectivity index (χ2v) is 4.82. The van der Waals surface area contributed by atoms with Crippen LogP contribution in [0.3, 0.4) is 0 Å². The van der Waals surface area contributed by atoms with Crippen molar-refractivity contribution < 1.29 is 14.6 Å². The summed E-state index contributed by atoms with van der Waals surface area (Å²) in [5.74, 6) is -0.884. The highest BCUT2D eigenvalue weighted by Crippen LogP contribution is 2.18. The monoisotopic (exact) mass is 260 g/mol. The van der Waals surface area contributed by atoms with Gasteiger partial charge in [0.25, 0.3) is 0 Å². The molecule has 0 saturated heterocycles. The minimum absolute atomic E-state index is 0.0355. The molecule has 0 aliphatic rings. The third-order valence-corrected chi connectivity index (χ3v) is 3.50. The van der Waals surface area contributed by atoms with Crippen molar-refractivity contribution in [2.75, 3.05) is 39.9 Å². The van der Waals surface area contributed by atoms with Crippen LogP contribution in [0.2, 0.25) is 0 Å². The second-order valence-electron chi connectivity index (χ2n) is 4.82. The van der Waals surface area contributed by atoms with Gasteiger partial charge in [-0.1, -0.05) is 27.7 Å². The van der Waals surface area contributed by atoms with Crippen molar-refractivity contribution in [2.24, 2.45) is 5.92 Å². The Balaban J connectivity index is 4.55. The average Bonchev–Trinajstić information content (AvgIpc) is 2.32. The number of carboxylic acid groups (broad SMARTS) is 1. The Morgan fingerprint density at radius 2 is 1.94 bits per heavy atom. The highest BCUT2D eigenvalue weighted by molar-refractivity contribution is 5.79. The molecule has 18 heavy (non-hydrogen) atoms. The van der Waals surface area contributed by atoms with Crippen molar-refractivity contribution >= 4 is 5.97 Å². The normalized spacial score (nSPS) is 15.1. The van der Waals surface area contributed by atoms with E-state index in [1.54, 1.807) is 0 Å². The summed E-state index contributed by atoms with van der Waals surface area (Å²) in [5, 5.41) is 12.6. The summed E-state index contributed by atoms with van der Waals surface area (Å²) >= 11 is 0. The topological polar surface area (TPSA) is 61.8 Å². The van der Waals surface area contributed by atoms with E-state index in [1.165, 1.54) is 7.11 Å². The molecule has 5 heteroatoms. The van der Waals surface area contributed by atoms with Gasteiger partial charge in [0.1, 0.15) is 5.54 Å². The summed E-state index contributed by atoms with van der Waals surface area (Å²) in [6.45, 7) is 11.6. The first-order valence-electron chi connectivity index (χ1n) is 6.64. The van der Waals surface area contributed by atoms with Crippen molar-refractivity contribution in [1.29, 1.82) is 0 Å². The quantitative estimate of drug-likeness (QED) is 0.614. The molecule has 0 aromatic carbocycles. The molecule has 0 aliphatic heterocycles. The van der Waals surface area contributed by atoms with Crippen LogP contribution in [0.25, 0.3) is 0 Å². The summed E-state index contributed by atoms with van der Waals surface area (Å²) in [6, 6.07) is 0. The highest BCUT2D eigenvalue weighted by Gasteiger charge is 2.41. The maximum atomic E-state index is 11.5. The molecule has 0 aromatic rings. The Kier molecular flexibility index (Phi) is 8.15. The van der Waals surface area contributed by atoms with Gasteiger partial charge in [0.2, 0.25) is 0 Å². The van der Waals surface area contributed by atoms with E-state index >= 15 is 0 Å². The fourth-order valence-electron chi connectivity index (χ4n) is 2.01. The fraction of sp³-hybridized carbons (Fsp3) is 0.923. The van der Waals surface area contributed by atoms with Crippen LogP contribution < -0.4 is 5.32 Å². The molecule has 2 N–H and O–H groups in total. The number of aliphatic carboxylic acids is 1. The van der Waals surface area contributed by atoms with Crippen molar-refractivity contribution in [3.8, 4) is 0 Å². The third-order valence-electron chi connectivity index (χ3n) is 3.50. The lowest BCUT2D eigenvalue weighted by atomic mass is 9.87. The lowest BCUT2D eigenvalue weighted by molar-refractivity contribution is -0.150. The summed E-state index contributed by atoms with van der Waals surface area (Å²) in [4.78, 5) is 13.8. The predicted octanol–water partition coefficient (Wildman–Crippen LogP) is 1.04. The standard InChI is InChI=1S/C13H28N2O3/c1-6-15(7-2)9-8-14-13(10-18-5,11(3)4)12(16)17/h11,14H,6-10H2,1-5H3,(H,16,17). The lowest BCUT2D eigenvalue weighted by Gasteiger charge is -2.34. The average molecular weight is 260 g/mol. The van der Waals surface area contributed by atoms with E-state index in [9.17, 15) is 9.90 Å². The zero-order chi connectivity index (χ0) is 14.2. The molecular formula is C13H28N2O3. The van der Waals surface area contributed by atoms with E-state index in [4.69, 9.17) is 4.74 Å². The first kappa shape index (κ1) is 17.4. The van der Waals surface area contributed by atoms with Crippen LogP contribution in [0.4, 0.5) is 0 Å². The molecule has 0 spiro atoms. The van der Waals surface area contributed by atoms with Gasteiger partial charge >= 0.3 is 5.97 Å². The molecule has 0 rings (SSSR count). The van der Waals surface area contributed by atoms with Crippen molar-refractivity contribution in [3.05, 3.63) is 0 Å². The predicted molar refractivity (Wildman–Crippen MR) is 72.9 cm³/mol. The molecule has 0 amide bonds. The Morgan fingerprint density at radius 1 is 1.39 bits per heavy atom. The van der Waals surface area contributed by atoms with Gasteiger partial charge in [-0.05, 0) is 19.0 Å². The Hall–Kier alpha value is -0.650. The fourth-order valence-corrected chi connectivity index (χ4v) is 2.01. The first-order valence-corrected chi connectivity index (χ1v) is 6.64. The number of carbonyl (C=O) groups is 1. The minimum Gasteiger partial charge on any atom is -0.480 e. The molecule has 0 heterocycles. The number of rotatable bonds is 10. The Labute approximate surface area is 110 Å². The van der Waals surface area contributed by atoms with Gasteiger partial charge in [0.15, 0.2) is 0 Å². The van der Waals surface area contributed by atoms with Gasteiger partial charge in [-0.3, -0.25) is 10.1 Å². The molecule has 0 radical (unpaired) electrons. The van der Waals surface area contributed by atoms with Crippen LogP contribution >= 0.6 is 0 Å². The Morgan fingerprint density at radius 3 is 2.28 bits per heavy atom. The summed E-state index contributed by atoms with van der Waals surface area (Å²) in [5.41, 5.74) is -0.998. The van der Waals surface area contributed by atoms with Crippen LogP contribution in [0.15, 0.2) is 0 Å². The van der Waals surface area contributed by atoms with Gasteiger partial charge < -0.3 is 14.7 Å². The van der Waals surface area contributed by atoms with Gasteiger partial charge in [0.05, 0.1) is 6.61 Å². The number of nitrogens with zero attached hydrogens (tertiary/aromatic N) is 1. The summed E-state index contributed by atoms with van der Waals surface area (Å²) in [6.07, 6.45) is 0. The number of carboxylic acids is 1. The molecule has 0 fully saturated rings. The second kappa shape index (κ2) is 8.45.